The van der Waals surface area contributed by atoms with Crippen LogP contribution < -0.4 is 15.0 Å². The van der Waals surface area contributed by atoms with Crippen molar-refractivity contribution in [1.29, 1.82) is 0 Å². The lowest BCUT2D eigenvalue weighted by atomic mass is 10.2. The predicted octanol–water partition coefficient (Wildman–Crippen LogP) is 3.86. The molecule has 0 aliphatic heterocycles. The molecule has 2 rings (SSSR count). The lowest BCUT2D eigenvalue weighted by Crippen LogP contribution is -2.31. The van der Waals surface area contributed by atoms with Crippen molar-refractivity contribution in [1.82, 2.24) is 0 Å². The molecule has 5 nitrogen and oxygen atoms in total. The maximum atomic E-state index is 12.3. The van der Waals surface area contributed by atoms with Gasteiger partial charge in [-0.15, -0.1) is 0 Å². The van der Waals surface area contributed by atoms with E-state index < -0.39 is 0 Å². The normalized spacial score (nSPS) is 10.4. The fraction of sp³-hybridized carbons (Fsp3) is 0.300. The van der Waals surface area contributed by atoms with Gasteiger partial charge in [0.25, 0.3) is 0 Å². The Balaban J connectivity index is 1.99. The van der Waals surface area contributed by atoms with Crippen LogP contribution in [-0.2, 0) is 9.59 Å². The number of benzene rings is 2. The topological polar surface area (TPSA) is 58.6 Å². The molecule has 0 fully saturated rings. The second-order valence-corrected chi connectivity index (χ2v) is 5.97. The summed E-state index contributed by atoms with van der Waals surface area (Å²) < 4.78 is 5.70. The molecule has 132 valence electrons. The minimum absolute atomic E-state index is 0.0179. The molecule has 0 atom stereocenters. The molecule has 0 heterocycles. The Morgan fingerprint density at radius 3 is 2.32 bits per heavy atom. The first-order chi connectivity index (χ1) is 12.0. The Morgan fingerprint density at radius 1 is 1.04 bits per heavy atom. The fourth-order valence-corrected chi connectivity index (χ4v) is 2.43. The zero-order valence-corrected chi connectivity index (χ0v) is 14.9. The average molecular weight is 340 g/mol. The van der Waals surface area contributed by atoms with Gasteiger partial charge in [0.2, 0.25) is 11.8 Å². The highest BCUT2D eigenvalue weighted by atomic mass is 16.5. The van der Waals surface area contributed by atoms with Gasteiger partial charge in [-0.25, -0.2) is 0 Å². The van der Waals surface area contributed by atoms with Crippen LogP contribution in [-0.4, -0.2) is 24.5 Å². The largest absolute Gasteiger partial charge is 0.489 e. The van der Waals surface area contributed by atoms with Gasteiger partial charge in [-0.3, -0.25) is 9.59 Å². The molecule has 1 N–H and O–H groups in total. The van der Waals surface area contributed by atoms with Crippen LogP contribution in [0.2, 0.25) is 0 Å². The summed E-state index contributed by atoms with van der Waals surface area (Å²) in [6.45, 7) is 5.68. The maximum absolute atomic E-state index is 12.3. The van der Waals surface area contributed by atoms with Gasteiger partial charge in [0.15, 0.2) is 0 Å². The summed E-state index contributed by atoms with van der Waals surface area (Å²) in [5.41, 5.74) is 1.42. The van der Waals surface area contributed by atoms with Crippen LogP contribution in [0, 0.1) is 0 Å². The lowest BCUT2D eigenvalue weighted by molar-refractivity contribution is -0.117. The lowest BCUT2D eigenvalue weighted by Gasteiger charge is -2.21. The minimum Gasteiger partial charge on any atom is -0.489 e. The predicted molar refractivity (Wildman–Crippen MR) is 99.9 cm³/mol. The quantitative estimate of drug-likeness (QED) is 0.833. The number of para-hydroxylation sites is 3. The van der Waals surface area contributed by atoms with E-state index in [1.165, 1.54) is 6.92 Å². The maximum Gasteiger partial charge on any atom is 0.226 e. The summed E-state index contributed by atoms with van der Waals surface area (Å²) in [5, 5.41) is 2.86. The standard InChI is InChI=1S/C20H24N2O3/c1-15(2)25-19-12-8-7-11-18(19)21-20(24)13-14-22(16(3)23)17-9-5-4-6-10-17/h4-12,15H,13-14H2,1-3H3,(H,21,24). The van der Waals surface area contributed by atoms with Crippen LogP contribution in [0.1, 0.15) is 27.2 Å². The van der Waals surface area contributed by atoms with Gasteiger partial charge in [-0.1, -0.05) is 30.3 Å². The third-order valence-electron chi connectivity index (χ3n) is 3.53. The summed E-state index contributed by atoms with van der Waals surface area (Å²) in [6, 6.07) is 16.7. The van der Waals surface area contributed by atoms with Gasteiger partial charge < -0.3 is 15.0 Å². The molecule has 0 unspecified atom stereocenters. The highest BCUT2D eigenvalue weighted by molar-refractivity contribution is 5.95. The van der Waals surface area contributed by atoms with Crippen LogP contribution in [0.4, 0.5) is 11.4 Å². The zero-order valence-electron chi connectivity index (χ0n) is 14.9. The second-order valence-electron chi connectivity index (χ2n) is 5.97. The van der Waals surface area contributed by atoms with E-state index in [2.05, 4.69) is 5.32 Å². The van der Waals surface area contributed by atoms with Crippen molar-refractivity contribution in [2.75, 3.05) is 16.8 Å². The van der Waals surface area contributed by atoms with Gasteiger partial charge in [0.1, 0.15) is 5.75 Å². The number of nitrogens with one attached hydrogen (secondary N) is 1. The molecule has 0 radical (unpaired) electrons. The number of carbonyl (C=O) groups is 2. The van der Waals surface area contributed by atoms with Gasteiger partial charge in [0, 0.05) is 25.6 Å². The average Bonchev–Trinajstić information content (AvgIpc) is 2.57. The van der Waals surface area contributed by atoms with E-state index >= 15 is 0 Å². The first-order valence-corrected chi connectivity index (χ1v) is 8.36. The number of ether oxygens (including phenoxy) is 1. The van der Waals surface area contributed by atoms with Crippen molar-refractivity contribution in [2.24, 2.45) is 0 Å². The van der Waals surface area contributed by atoms with Crippen molar-refractivity contribution in [2.45, 2.75) is 33.3 Å². The van der Waals surface area contributed by atoms with Crippen molar-refractivity contribution in [3.8, 4) is 5.75 Å². The summed E-state index contributed by atoms with van der Waals surface area (Å²) >= 11 is 0. The van der Waals surface area contributed by atoms with E-state index in [0.29, 0.717) is 18.0 Å². The van der Waals surface area contributed by atoms with Crippen molar-refractivity contribution >= 4 is 23.2 Å². The summed E-state index contributed by atoms with van der Waals surface area (Å²) in [7, 11) is 0. The molecule has 25 heavy (non-hydrogen) atoms. The van der Waals surface area contributed by atoms with Crippen molar-refractivity contribution < 1.29 is 14.3 Å². The molecule has 0 aliphatic rings. The molecule has 0 spiro atoms. The molecular formula is C20H24N2O3. The first-order valence-electron chi connectivity index (χ1n) is 8.36. The smallest absolute Gasteiger partial charge is 0.226 e. The number of anilines is 2. The molecule has 0 bridgehead atoms. The van der Waals surface area contributed by atoms with E-state index in [0.717, 1.165) is 5.69 Å². The van der Waals surface area contributed by atoms with Gasteiger partial charge in [-0.05, 0) is 38.1 Å². The Kier molecular flexibility index (Phi) is 6.57. The third-order valence-corrected chi connectivity index (χ3v) is 3.53. The van der Waals surface area contributed by atoms with Crippen molar-refractivity contribution in [3.05, 3.63) is 54.6 Å². The van der Waals surface area contributed by atoms with E-state index in [-0.39, 0.29) is 24.3 Å². The molecule has 0 saturated heterocycles. The van der Waals surface area contributed by atoms with E-state index in [1.807, 2.05) is 62.4 Å². The number of nitrogens with zero attached hydrogens (tertiary/aromatic N) is 1. The van der Waals surface area contributed by atoms with Crippen LogP contribution >= 0.6 is 0 Å². The molecule has 0 saturated carbocycles. The molecule has 5 heteroatoms. The SMILES string of the molecule is CC(=O)N(CCC(=O)Nc1ccccc1OC(C)C)c1ccccc1. The van der Waals surface area contributed by atoms with E-state index in [9.17, 15) is 9.59 Å². The highest BCUT2D eigenvalue weighted by Gasteiger charge is 2.14. The van der Waals surface area contributed by atoms with E-state index in [4.69, 9.17) is 4.74 Å². The van der Waals surface area contributed by atoms with Crippen LogP contribution in [0.25, 0.3) is 0 Å². The monoisotopic (exact) mass is 340 g/mol. The Morgan fingerprint density at radius 2 is 1.68 bits per heavy atom. The highest BCUT2D eigenvalue weighted by Crippen LogP contribution is 2.25. The first kappa shape index (κ1) is 18.5. The number of hydrogen-bond acceptors (Lipinski definition) is 3. The number of amides is 2. The molecule has 2 aromatic rings. The molecule has 0 aromatic heterocycles. The Hall–Kier alpha value is -2.82. The number of rotatable bonds is 7. The summed E-state index contributed by atoms with van der Waals surface area (Å²) in [5.74, 6) is 0.377. The molecule has 2 amide bonds. The van der Waals surface area contributed by atoms with Crippen LogP contribution in [0.5, 0.6) is 5.75 Å². The molecular weight excluding hydrogens is 316 g/mol. The fourth-order valence-electron chi connectivity index (χ4n) is 2.43. The van der Waals surface area contributed by atoms with Crippen LogP contribution in [0.15, 0.2) is 54.6 Å². The van der Waals surface area contributed by atoms with Crippen molar-refractivity contribution in [3.63, 3.8) is 0 Å². The second kappa shape index (κ2) is 8.87. The van der Waals surface area contributed by atoms with Gasteiger partial charge >= 0.3 is 0 Å². The zero-order chi connectivity index (χ0) is 18.2. The van der Waals surface area contributed by atoms with Crippen LogP contribution in [0.3, 0.4) is 0 Å². The van der Waals surface area contributed by atoms with Gasteiger partial charge in [-0.2, -0.15) is 0 Å². The summed E-state index contributed by atoms with van der Waals surface area (Å²) in [4.78, 5) is 25.8. The number of carbonyl (C=O) groups excluding carboxylic acids is 2. The Labute approximate surface area is 148 Å². The van der Waals surface area contributed by atoms with Gasteiger partial charge in [0.05, 0.1) is 11.8 Å². The summed E-state index contributed by atoms with van der Waals surface area (Å²) in [6.07, 6.45) is 0.217. The Bertz CT molecular complexity index is 714. The molecule has 2 aromatic carbocycles. The molecule has 0 aliphatic carbocycles. The van der Waals surface area contributed by atoms with E-state index in [1.54, 1.807) is 11.0 Å². The third kappa shape index (κ3) is 5.64. The number of hydrogen-bond donors (Lipinski definition) is 1. The minimum atomic E-state index is -0.165.